The number of nitrogens with zero attached hydrogens (tertiary/aromatic N) is 1. The number of rotatable bonds is 23. The van der Waals surface area contributed by atoms with Crippen LogP contribution >= 0.6 is 0 Å². The highest BCUT2D eigenvalue weighted by molar-refractivity contribution is 6.36. The summed E-state index contributed by atoms with van der Waals surface area (Å²) >= 11 is 0. The average molecular weight is 706 g/mol. The molecule has 0 saturated carbocycles. The van der Waals surface area contributed by atoms with Crippen molar-refractivity contribution < 1.29 is 38.1 Å². The normalized spacial score (nSPS) is 18.3. The lowest BCUT2D eigenvalue weighted by Crippen LogP contribution is -2.52. The van der Waals surface area contributed by atoms with E-state index < -0.39 is 14.6 Å². The maximum Gasteiger partial charge on any atom is 0.639 e. The van der Waals surface area contributed by atoms with Gasteiger partial charge in [0, 0.05) is 78.3 Å². The summed E-state index contributed by atoms with van der Waals surface area (Å²) in [4.78, 5) is 2.49. The Hall–Kier alpha value is -1.25. The van der Waals surface area contributed by atoms with Gasteiger partial charge < -0.3 is 48.8 Å². The largest absolute Gasteiger partial charge is 0.639 e. The van der Waals surface area contributed by atoms with E-state index in [2.05, 4.69) is 55.4 Å². The van der Waals surface area contributed by atoms with Crippen LogP contribution in [0, 0.1) is 0 Å². The Balaban J connectivity index is 1.56. The Labute approximate surface area is 304 Å². The Morgan fingerprint density at radius 2 is 1.52 bits per heavy atom. The fraction of sp³-hybridized carbons (Fsp3) is 0.838. The van der Waals surface area contributed by atoms with Crippen molar-refractivity contribution in [3.63, 3.8) is 0 Å². The first-order valence-electron chi connectivity index (χ1n) is 19.6. The van der Waals surface area contributed by atoms with E-state index in [4.69, 9.17) is 33.0 Å². The van der Waals surface area contributed by atoms with Crippen LogP contribution in [0.25, 0.3) is 0 Å². The third kappa shape index (κ3) is 17.5. The molecule has 0 aliphatic carbocycles. The molecule has 2 atom stereocenters. The van der Waals surface area contributed by atoms with Crippen molar-refractivity contribution in [1.29, 1.82) is 0 Å². The molecule has 2 unspecified atom stereocenters. The van der Waals surface area contributed by atoms with E-state index in [0.717, 1.165) is 83.1 Å². The summed E-state index contributed by atoms with van der Waals surface area (Å²) in [5.74, 6) is 0.410. The maximum absolute atomic E-state index is 10.6. The van der Waals surface area contributed by atoms with Gasteiger partial charge in [-0.3, -0.25) is 4.90 Å². The average Bonchev–Trinajstić information content (AvgIpc) is 3.05. The number of phenols is 1. The number of aliphatic hydroxyl groups is 1. The van der Waals surface area contributed by atoms with Gasteiger partial charge in [0.15, 0.2) is 0 Å². The molecule has 2 saturated heterocycles. The fourth-order valence-electron chi connectivity index (χ4n) is 6.71. The highest BCUT2D eigenvalue weighted by atomic mass is 16.7. The van der Waals surface area contributed by atoms with Crippen molar-refractivity contribution in [3.8, 4) is 5.75 Å². The Kier molecular flexibility index (Phi) is 22.2. The van der Waals surface area contributed by atoms with Crippen molar-refractivity contribution in [1.82, 2.24) is 15.5 Å². The zero-order chi connectivity index (χ0) is 35.9. The Morgan fingerprint density at radius 1 is 0.860 bits per heavy atom. The summed E-state index contributed by atoms with van der Waals surface area (Å²) in [5.41, 5.74) is 2.15. The van der Waals surface area contributed by atoms with Crippen LogP contribution in [0.4, 0.5) is 0 Å². The van der Waals surface area contributed by atoms with E-state index in [1.54, 1.807) is 0 Å². The number of aryl methyl sites for hydroxylation is 1. The highest BCUT2D eigenvalue weighted by Crippen LogP contribution is 2.31. The zero-order valence-corrected chi connectivity index (χ0v) is 31.8. The predicted molar refractivity (Wildman–Crippen MR) is 201 cm³/mol. The van der Waals surface area contributed by atoms with Gasteiger partial charge in [0.25, 0.3) is 0 Å². The van der Waals surface area contributed by atoms with Gasteiger partial charge in [0.2, 0.25) is 0 Å². The minimum absolute atomic E-state index is 0.0395. The minimum atomic E-state index is -0.679. The number of phenolic OH excluding ortho intramolecular Hbond substituents is 1. The quantitative estimate of drug-likeness (QED) is 0.0924. The lowest BCUT2D eigenvalue weighted by atomic mass is 9.85. The summed E-state index contributed by atoms with van der Waals surface area (Å²) < 4.78 is 36.6. The molecule has 13 heteroatoms. The topological polar surface area (TPSA) is 123 Å². The standard InChI is InChI=1S/C37H69B2N3O8/c1-5-6-7-12-15-34(42-23-29-48-38(49-30-24-42)45-26-20-40-19-25-43)36(50-39-46-27-21-41-22-28-47-39)16-13-10-8-9-11-14-32-17-18-33(35(44)31-32)37(2,3)4/h17-18,31,34,36,40-41,43-44H,5-16,19-30H2,1-4H3. The molecule has 0 bridgehead atoms. The summed E-state index contributed by atoms with van der Waals surface area (Å²) in [6, 6.07) is 6.40. The van der Waals surface area contributed by atoms with Gasteiger partial charge in [-0.25, -0.2) is 0 Å². The van der Waals surface area contributed by atoms with Crippen molar-refractivity contribution >= 4 is 14.6 Å². The van der Waals surface area contributed by atoms with Gasteiger partial charge in [-0.1, -0.05) is 91.2 Å². The molecule has 11 nitrogen and oxygen atoms in total. The van der Waals surface area contributed by atoms with Crippen LogP contribution in [-0.4, -0.2) is 121 Å². The zero-order valence-electron chi connectivity index (χ0n) is 31.8. The summed E-state index contributed by atoms with van der Waals surface area (Å²) in [6.45, 7) is 15.6. The first-order valence-corrected chi connectivity index (χ1v) is 19.6. The molecule has 2 heterocycles. The van der Waals surface area contributed by atoms with Gasteiger partial charge in [-0.15, -0.1) is 0 Å². The number of nitrogens with one attached hydrogen (secondary N) is 2. The second kappa shape index (κ2) is 25.7. The molecule has 2 aliphatic rings. The minimum Gasteiger partial charge on any atom is -0.508 e. The van der Waals surface area contributed by atoms with Crippen molar-refractivity contribution in [2.24, 2.45) is 0 Å². The lowest BCUT2D eigenvalue weighted by molar-refractivity contribution is -0.0228. The third-order valence-electron chi connectivity index (χ3n) is 9.51. The second-order valence-corrected chi connectivity index (χ2v) is 14.7. The molecule has 2 fully saturated rings. The molecule has 2 aliphatic heterocycles. The summed E-state index contributed by atoms with van der Waals surface area (Å²) in [7, 11) is -1.34. The molecule has 50 heavy (non-hydrogen) atoms. The molecule has 0 aromatic heterocycles. The van der Waals surface area contributed by atoms with Crippen LogP contribution in [0.1, 0.15) is 109 Å². The van der Waals surface area contributed by atoms with Gasteiger partial charge in [0.05, 0.1) is 12.7 Å². The van der Waals surface area contributed by atoms with Gasteiger partial charge in [-0.2, -0.15) is 0 Å². The van der Waals surface area contributed by atoms with E-state index in [1.807, 2.05) is 6.07 Å². The first kappa shape index (κ1) is 43.2. The fourth-order valence-corrected chi connectivity index (χ4v) is 6.71. The number of hydrogen-bond acceptors (Lipinski definition) is 11. The van der Waals surface area contributed by atoms with Crippen LogP contribution in [0.15, 0.2) is 18.2 Å². The van der Waals surface area contributed by atoms with Crippen LogP contribution < -0.4 is 10.6 Å². The van der Waals surface area contributed by atoms with E-state index in [9.17, 15) is 5.11 Å². The van der Waals surface area contributed by atoms with Crippen LogP contribution in [0.5, 0.6) is 5.75 Å². The molecule has 4 N–H and O–H groups in total. The SMILES string of the molecule is CCCCCCC(C(CCCCCCCc1ccc(C(C)(C)C)c(O)c1)OB1OCCNCCO1)N1CCOB(OCCNCCO)OCC1. The molecule has 286 valence electrons. The number of hydrogen-bond donors (Lipinski definition) is 4. The van der Waals surface area contributed by atoms with E-state index >= 15 is 0 Å². The Bertz CT molecular complexity index is 990. The summed E-state index contributed by atoms with van der Waals surface area (Å²) in [5, 5.41) is 25.9. The van der Waals surface area contributed by atoms with E-state index in [-0.39, 0.29) is 24.2 Å². The smallest absolute Gasteiger partial charge is 0.508 e. The highest BCUT2D eigenvalue weighted by Gasteiger charge is 2.35. The molecule has 0 amide bonds. The Morgan fingerprint density at radius 3 is 2.20 bits per heavy atom. The number of aromatic hydroxyl groups is 1. The monoisotopic (exact) mass is 706 g/mol. The van der Waals surface area contributed by atoms with Gasteiger partial charge in [0.1, 0.15) is 5.75 Å². The molecular weight excluding hydrogens is 636 g/mol. The molecule has 1 aromatic rings. The molecule has 0 radical (unpaired) electrons. The van der Waals surface area contributed by atoms with Crippen LogP contribution in [0.3, 0.4) is 0 Å². The van der Waals surface area contributed by atoms with Gasteiger partial charge in [-0.05, 0) is 48.3 Å². The van der Waals surface area contributed by atoms with Crippen molar-refractivity contribution in [3.05, 3.63) is 29.3 Å². The lowest BCUT2D eigenvalue weighted by Gasteiger charge is -2.39. The number of aliphatic hydroxyl groups excluding tert-OH is 1. The third-order valence-corrected chi connectivity index (χ3v) is 9.51. The molecular formula is C37H69B2N3O8. The maximum atomic E-state index is 10.6. The van der Waals surface area contributed by atoms with Crippen molar-refractivity contribution in [2.45, 2.75) is 122 Å². The molecule has 1 aromatic carbocycles. The molecule has 0 spiro atoms. The van der Waals surface area contributed by atoms with E-state index in [0.29, 0.717) is 51.9 Å². The van der Waals surface area contributed by atoms with Crippen LogP contribution in [0.2, 0.25) is 0 Å². The number of benzene rings is 1. The first-order chi connectivity index (χ1) is 24.3. The van der Waals surface area contributed by atoms with Crippen LogP contribution in [-0.2, 0) is 39.8 Å². The summed E-state index contributed by atoms with van der Waals surface area (Å²) in [6.07, 6.45) is 13.4. The van der Waals surface area contributed by atoms with E-state index in [1.165, 1.54) is 31.2 Å². The van der Waals surface area contributed by atoms with Crippen molar-refractivity contribution in [2.75, 3.05) is 78.9 Å². The van der Waals surface area contributed by atoms with Gasteiger partial charge >= 0.3 is 14.6 Å². The number of unbranched alkanes of at least 4 members (excludes halogenated alkanes) is 7. The second-order valence-electron chi connectivity index (χ2n) is 14.7. The predicted octanol–water partition coefficient (Wildman–Crippen LogP) is 4.85. The molecule has 3 rings (SSSR count).